The maximum absolute atomic E-state index is 12.8. The number of morpholine rings is 1. The lowest BCUT2D eigenvalue weighted by Crippen LogP contribution is -2.53. The van der Waals surface area contributed by atoms with E-state index in [1.54, 1.807) is 11.1 Å². The number of carbonyl (C=O) groups excluding carboxylic acids is 1. The van der Waals surface area contributed by atoms with Gasteiger partial charge in [0.25, 0.3) is 0 Å². The van der Waals surface area contributed by atoms with Gasteiger partial charge in [-0.05, 0) is 12.8 Å². The molecule has 3 heterocycles. The number of likely N-dealkylation sites (tertiary alicyclic amines) is 1. The third-order valence-corrected chi connectivity index (χ3v) is 7.38. The van der Waals surface area contributed by atoms with Crippen LogP contribution in [-0.2, 0) is 21.3 Å². The van der Waals surface area contributed by atoms with Crippen molar-refractivity contribution in [2.45, 2.75) is 24.6 Å². The maximum Gasteiger partial charge on any atom is 0.317 e. The molecule has 0 spiro atoms. The third-order valence-electron chi connectivity index (χ3n) is 4.29. The predicted octanol–water partition coefficient (Wildman–Crippen LogP) is 0.479. The van der Waals surface area contributed by atoms with E-state index in [2.05, 4.69) is 10.3 Å². The lowest BCUT2D eigenvalue weighted by Gasteiger charge is -2.36. The van der Waals surface area contributed by atoms with Gasteiger partial charge in [-0.15, -0.1) is 11.3 Å². The van der Waals surface area contributed by atoms with Gasteiger partial charge in [-0.1, -0.05) is 0 Å². The molecule has 0 radical (unpaired) electrons. The Kier molecular flexibility index (Phi) is 5.69. The summed E-state index contributed by atoms with van der Waals surface area (Å²) in [5.41, 5.74) is 0. The average Bonchev–Trinajstić information content (AvgIpc) is 3.14. The van der Waals surface area contributed by atoms with E-state index in [-0.39, 0.29) is 12.6 Å². The summed E-state index contributed by atoms with van der Waals surface area (Å²) < 4.78 is 32.2. The molecule has 2 amide bonds. The second-order valence-corrected chi connectivity index (χ2v) is 9.04. The van der Waals surface area contributed by atoms with Crippen molar-refractivity contribution < 1.29 is 17.9 Å². The Bertz CT molecular complexity index is 644. The first-order valence-corrected chi connectivity index (χ1v) is 10.4. The van der Waals surface area contributed by atoms with Crippen LogP contribution in [0.3, 0.4) is 0 Å². The number of hydrogen-bond acceptors (Lipinski definition) is 6. The Balaban J connectivity index is 1.57. The molecule has 1 unspecified atom stereocenters. The van der Waals surface area contributed by atoms with Crippen molar-refractivity contribution in [1.82, 2.24) is 19.5 Å². The highest BCUT2D eigenvalue weighted by Crippen LogP contribution is 2.21. The summed E-state index contributed by atoms with van der Waals surface area (Å²) in [6, 6.07) is -0.230. The monoisotopic (exact) mass is 374 g/mol. The zero-order chi connectivity index (χ0) is 17.0. The minimum absolute atomic E-state index is 0.230. The number of thiazole rings is 1. The molecule has 8 nitrogen and oxygen atoms in total. The van der Waals surface area contributed by atoms with Crippen LogP contribution in [0, 0.1) is 0 Å². The van der Waals surface area contributed by atoms with Gasteiger partial charge in [0.15, 0.2) is 0 Å². The quantitative estimate of drug-likeness (QED) is 0.828. The fourth-order valence-electron chi connectivity index (χ4n) is 2.98. The number of nitrogens with zero attached hydrogens (tertiary/aromatic N) is 3. The minimum Gasteiger partial charge on any atom is -0.379 e. The molecule has 2 aliphatic rings. The molecule has 1 N–H and O–H groups in total. The summed E-state index contributed by atoms with van der Waals surface area (Å²) in [6.45, 7) is 2.86. The molecule has 0 aliphatic carbocycles. The van der Waals surface area contributed by atoms with Crippen LogP contribution in [0.2, 0.25) is 0 Å². The second kappa shape index (κ2) is 7.77. The van der Waals surface area contributed by atoms with Crippen LogP contribution in [-0.4, -0.2) is 73.3 Å². The molecule has 2 aliphatic heterocycles. The molecular weight excluding hydrogens is 352 g/mol. The van der Waals surface area contributed by atoms with E-state index in [0.29, 0.717) is 52.2 Å². The van der Waals surface area contributed by atoms with Crippen LogP contribution in [0.25, 0.3) is 0 Å². The Hall–Kier alpha value is -1.23. The van der Waals surface area contributed by atoms with Crippen LogP contribution in [0.15, 0.2) is 11.6 Å². The zero-order valence-corrected chi connectivity index (χ0v) is 15.0. The lowest BCUT2D eigenvalue weighted by molar-refractivity contribution is 0.0721. The van der Waals surface area contributed by atoms with Gasteiger partial charge in [-0.3, -0.25) is 0 Å². The summed E-state index contributed by atoms with van der Waals surface area (Å²) in [6.07, 6.45) is 2.98. The zero-order valence-electron chi connectivity index (χ0n) is 13.4. The topological polar surface area (TPSA) is 91.8 Å². The summed E-state index contributed by atoms with van der Waals surface area (Å²) in [7, 11) is -3.39. The number of ether oxygens (including phenoxy) is 1. The molecule has 1 aromatic rings. The Morgan fingerprint density at radius 3 is 2.88 bits per heavy atom. The van der Waals surface area contributed by atoms with Crippen molar-refractivity contribution in [1.29, 1.82) is 0 Å². The van der Waals surface area contributed by atoms with E-state index in [1.165, 1.54) is 15.6 Å². The van der Waals surface area contributed by atoms with Crippen LogP contribution in [0.1, 0.15) is 17.8 Å². The molecule has 3 rings (SSSR count). The molecule has 1 aromatic heterocycles. The SMILES string of the molecule is O=C(NCc1nccs1)N1CCCC(S(=O)(=O)N2CCOCC2)C1. The number of hydrogen-bond donors (Lipinski definition) is 1. The highest BCUT2D eigenvalue weighted by Gasteiger charge is 2.37. The Labute approximate surface area is 145 Å². The van der Waals surface area contributed by atoms with E-state index in [0.717, 1.165) is 5.01 Å². The second-order valence-electron chi connectivity index (χ2n) is 5.85. The van der Waals surface area contributed by atoms with Gasteiger partial charge in [0, 0.05) is 37.8 Å². The fourth-order valence-corrected chi connectivity index (χ4v) is 5.45. The van der Waals surface area contributed by atoms with Gasteiger partial charge in [0.1, 0.15) is 5.01 Å². The molecule has 1 atom stereocenters. The standard InChI is InChI=1S/C14H22N4O4S2/c19-14(16-10-13-15-3-9-23-13)17-4-1-2-12(11-17)24(20,21)18-5-7-22-8-6-18/h3,9,12H,1-2,4-8,10-11H2,(H,16,19). The van der Waals surface area contributed by atoms with Gasteiger partial charge >= 0.3 is 6.03 Å². The van der Waals surface area contributed by atoms with Crippen LogP contribution in [0.5, 0.6) is 0 Å². The van der Waals surface area contributed by atoms with E-state index in [9.17, 15) is 13.2 Å². The molecule has 0 bridgehead atoms. The first-order chi connectivity index (χ1) is 11.6. The van der Waals surface area contributed by atoms with Crippen molar-refractivity contribution in [3.63, 3.8) is 0 Å². The summed E-state index contributed by atoms with van der Waals surface area (Å²) in [5, 5.41) is 4.97. The highest BCUT2D eigenvalue weighted by atomic mass is 32.2. The highest BCUT2D eigenvalue weighted by molar-refractivity contribution is 7.89. The van der Waals surface area contributed by atoms with Gasteiger partial charge < -0.3 is 15.0 Å². The largest absolute Gasteiger partial charge is 0.379 e. The molecule has 0 saturated carbocycles. The van der Waals surface area contributed by atoms with Gasteiger partial charge in [-0.2, -0.15) is 4.31 Å². The van der Waals surface area contributed by atoms with E-state index in [1.807, 2.05) is 5.38 Å². The number of amides is 2. The number of sulfonamides is 1. The summed E-state index contributed by atoms with van der Waals surface area (Å²) in [4.78, 5) is 18.0. The van der Waals surface area contributed by atoms with E-state index >= 15 is 0 Å². The lowest BCUT2D eigenvalue weighted by atomic mass is 10.1. The molecule has 24 heavy (non-hydrogen) atoms. The summed E-state index contributed by atoms with van der Waals surface area (Å²) >= 11 is 1.48. The number of aromatic nitrogens is 1. The van der Waals surface area contributed by atoms with Crippen LogP contribution < -0.4 is 5.32 Å². The van der Waals surface area contributed by atoms with Crippen LogP contribution >= 0.6 is 11.3 Å². The number of nitrogens with one attached hydrogen (secondary N) is 1. The van der Waals surface area contributed by atoms with Crippen molar-refractivity contribution in [3.8, 4) is 0 Å². The first-order valence-electron chi connectivity index (χ1n) is 8.05. The molecule has 134 valence electrons. The van der Waals surface area contributed by atoms with Gasteiger partial charge in [0.2, 0.25) is 10.0 Å². The molecule has 0 aromatic carbocycles. The normalized spacial score (nSPS) is 23.2. The van der Waals surface area contributed by atoms with Crippen molar-refractivity contribution >= 4 is 27.4 Å². The molecule has 10 heteroatoms. The van der Waals surface area contributed by atoms with Crippen LogP contribution in [0.4, 0.5) is 4.79 Å². The maximum atomic E-state index is 12.8. The van der Waals surface area contributed by atoms with Gasteiger partial charge in [0.05, 0.1) is 25.0 Å². The number of piperidine rings is 1. The van der Waals surface area contributed by atoms with Gasteiger partial charge in [-0.25, -0.2) is 18.2 Å². The van der Waals surface area contributed by atoms with Crippen molar-refractivity contribution in [2.75, 3.05) is 39.4 Å². The van der Waals surface area contributed by atoms with Crippen molar-refractivity contribution in [2.24, 2.45) is 0 Å². The molecule has 2 saturated heterocycles. The smallest absolute Gasteiger partial charge is 0.317 e. The fraction of sp³-hybridized carbons (Fsp3) is 0.714. The van der Waals surface area contributed by atoms with E-state index < -0.39 is 15.3 Å². The average molecular weight is 374 g/mol. The number of urea groups is 1. The molecule has 2 fully saturated rings. The Morgan fingerprint density at radius 2 is 2.17 bits per heavy atom. The third kappa shape index (κ3) is 4.05. The van der Waals surface area contributed by atoms with E-state index in [4.69, 9.17) is 4.74 Å². The molecular formula is C14H22N4O4S2. The summed E-state index contributed by atoms with van der Waals surface area (Å²) in [5.74, 6) is 0. The minimum atomic E-state index is -3.39. The van der Waals surface area contributed by atoms with Crippen molar-refractivity contribution in [3.05, 3.63) is 16.6 Å². The number of carbonyl (C=O) groups is 1. The predicted molar refractivity (Wildman–Crippen MR) is 90.3 cm³/mol. The number of rotatable bonds is 4. The first kappa shape index (κ1) is 17.6. The Morgan fingerprint density at radius 1 is 1.38 bits per heavy atom.